The van der Waals surface area contributed by atoms with Crippen LogP contribution in [-0.2, 0) is 6.54 Å². The van der Waals surface area contributed by atoms with Gasteiger partial charge in [0.1, 0.15) is 5.75 Å². The van der Waals surface area contributed by atoms with Crippen molar-refractivity contribution in [1.82, 2.24) is 9.47 Å². The molecule has 0 bridgehead atoms. The maximum atomic E-state index is 14.0. The number of hydrogen-bond acceptors (Lipinski definition) is 4. The van der Waals surface area contributed by atoms with Crippen molar-refractivity contribution in [3.63, 3.8) is 0 Å². The van der Waals surface area contributed by atoms with Gasteiger partial charge in [-0.1, -0.05) is 30.3 Å². The average Bonchev–Trinajstić information content (AvgIpc) is 3.32. The van der Waals surface area contributed by atoms with E-state index in [-0.39, 0.29) is 12.1 Å². The molecule has 36 heavy (non-hydrogen) atoms. The van der Waals surface area contributed by atoms with E-state index >= 15 is 0 Å². The summed E-state index contributed by atoms with van der Waals surface area (Å²) < 4.78 is 18.7. The molecule has 1 aliphatic rings. The van der Waals surface area contributed by atoms with Gasteiger partial charge in [0.2, 0.25) is 0 Å². The van der Waals surface area contributed by atoms with Gasteiger partial charge in [0.15, 0.2) is 11.5 Å². The van der Waals surface area contributed by atoms with Gasteiger partial charge in [-0.25, -0.2) is 4.79 Å². The number of ether oxygens (including phenoxy) is 3. The number of benzene rings is 3. The lowest BCUT2D eigenvalue weighted by Crippen LogP contribution is -2.38. The molecule has 1 atom stereocenters. The van der Waals surface area contributed by atoms with Crippen LogP contribution in [0.5, 0.6) is 17.2 Å². The molecule has 1 aromatic heterocycles. The molecule has 7 heteroatoms. The molecular weight excluding hydrogens is 454 g/mol. The number of carbonyl (C=O) groups excluding carboxylic acids is 1. The third-order valence-corrected chi connectivity index (χ3v) is 6.54. The molecule has 0 saturated heterocycles. The van der Waals surface area contributed by atoms with Crippen LogP contribution in [0, 0.1) is 6.92 Å². The lowest BCUT2D eigenvalue weighted by molar-refractivity contribution is 0.194. The lowest BCUT2D eigenvalue weighted by Gasteiger charge is -2.31. The molecule has 0 saturated carbocycles. The number of carbonyl (C=O) groups is 1. The summed E-state index contributed by atoms with van der Waals surface area (Å²) in [6.07, 6.45) is 2.03. The van der Waals surface area contributed by atoms with Crippen molar-refractivity contribution in [1.29, 1.82) is 0 Å². The number of amides is 2. The predicted octanol–water partition coefficient (Wildman–Crippen LogP) is 5.95. The maximum absolute atomic E-state index is 14.0. The largest absolute Gasteiger partial charge is 0.495 e. The van der Waals surface area contributed by atoms with Crippen molar-refractivity contribution in [2.24, 2.45) is 0 Å². The first-order valence-corrected chi connectivity index (χ1v) is 11.7. The summed E-state index contributed by atoms with van der Waals surface area (Å²) in [6.45, 7) is 2.40. The Morgan fingerprint density at radius 2 is 1.61 bits per heavy atom. The van der Waals surface area contributed by atoms with E-state index in [0.29, 0.717) is 29.5 Å². The van der Waals surface area contributed by atoms with Crippen LogP contribution in [0.25, 0.3) is 5.69 Å². The van der Waals surface area contributed by atoms with Gasteiger partial charge in [0, 0.05) is 11.9 Å². The summed E-state index contributed by atoms with van der Waals surface area (Å²) in [7, 11) is 4.82. The van der Waals surface area contributed by atoms with Gasteiger partial charge < -0.3 is 29.0 Å². The number of nitrogens with zero attached hydrogens (tertiary/aromatic N) is 2. The molecule has 0 radical (unpaired) electrons. The van der Waals surface area contributed by atoms with E-state index in [0.717, 1.165) is 28.1 Å². The summed E-state index contributed by atoms with van der Waals surface area (Å²) in [6, 6.07) is 23.1. The minimum Gasteiger partial charge on any atom is -0.495 e. The molecule has 4 aromatic rings. The first-order valence-electron chi connectivity index (χ1n) is 11.7. The second-order valence-electron chi connectivity index (χ2n) is 8.71. The van der Waals surface area contributed by atoms with Crippen molar-refractivity contribution < 1.29 is 19.0 Å². The Morgan fingerprint density at radius 1 is 0.861 bits per heavy atom. The van der Waals surface area contributed by atoms with Crippen LogP contribution in [0.3, 0.4) is 0 Å². The number of anilines is 1. The molecule has 1 aliphatic heterocycles. The van der Waals surface area contributed by atoms with Crippen LogP contribution in [0.15, 0.2) is 79.0 Å². The zero-order chi connectivity index (χ0) is 25.2. The van der Waals surface area contributed by atoms with Gasteiger partial charge >= 0.3 is 6.03 Å². The first kappa shape index (κ1) is 23.4. The third kappa shape index (κ3) is 4.13. The fourth-order valence-electron chi connectivity index (χ4n) is 4.82. The number of rotatable bonds is 5. The number of aromatic nitrogens is 1. The monoisotopic (exact) mass is 483 g/mol. The van der Waals surface area contributed by atoms with Crippen molar-refractivity contribution in [3.8, 4) is 22.9 Å². The molecule has 0 unspecified atom stereocenters. The second-order valence-corrected chi connectivity index (χ2v) is 8.71. The van der Waals surface area contributed by atoms with Crippen molar-refractivity contribution in [2.75, 3.05) is 26.6 Å². The van der Waals surface area contributed by atoms with Crippen molar-refractivity contribution in [2.45, 2.75) is 19.5 Å². The van der Waals surface area contributed by atoms with Crippen LogP contribution in [0.2, 0.25) is 0 Å². The van der Waals surface area contributed by atoms with E-state index in [2.05, 4.69) is 28.1 Å². The molecule has 0 spiro atoms. The number of fused-ring (bicyclic) bond motifs is 3. The highest BCUT2D eigenvalue weighted by molar-refractivity contribution is 5.92. The van der Waals surface area contributed by atoms with E-state index < -0.39 is 0 Å². The Kier molecular flexibility index (Phi) is 6.29. The number of nitrogens with one attached hydrogen (secondary N) is 1. The van der Waals surface area contributed by atoms with E-state index in [4.69, 9.17) is 14.2 Å². The van der Waals surface area contributed by atoms with Gasteiger partial charge in [-0.2, -0.15) is 0 Å². The lowest BCUT2D eigenvalue weighted by atomic mass is 10.0. The minimum atomic E-state index is -0.386. The molecule has 2 heterocycles. The van der Waals surface area contributed by atoms with Crippen LogP contribution >= 0.6 is 0 Å². The molecule has 184 valence electrons. The summed E-state index contributed by atoms with van der Waals surface area (Å²) in [4.78, 5) is 15.8. The molecule has 5 rings (SSSR count). The molecule has 0 aliphatic carbocycles. The zero-order valence-electron chi connectivity index (χ0n) is 20.8. The van der Waals surface area contributed by atoms with Gasteiger partial charge in [0.25, 0.3) is 0 Å². The Hall–Kier alpha value is -4.39. The normalized spacial score (nSPS) is 14.3. The number of hydrogen-bond donors (Lipinski definition) is 1. The topological polar surface area (TPSA) is 65.0 Å². The quantitative estimate of drug-likeness (QED) is 0.381. The van der Waals surface area contributed by atoms with Gasteiger partial charge in [-0.3, -0.25) is 0 Å². The summed E-state index contributed by atoms with van der Waals surface area (Å²) in [5.74, 6) is 1.85. The summed E-state index contributed by atoms with van der Waals surface area (Å²) >= 11 is 0. The van der Waals surface area contributed by atoms with Crippen molar-refractivity contribution >= 4 is 11.7 Å². The fraction of sp³-hybridized carbons (Fsp3) is 0.207. The summed E-state index contributed by atoms with van der Waals surface area (Å²) in [5, 5.41) is 3.10. The number of methoxy groups -OCH3 is 3. The Morgan fingerprint density at radius 3 is 2.39 bits per heavy atom. The summed E-state index contributed by atoms with van der Waals surface area (Å²) in [5.41, 5.74) is 5.63. The fourth-order valence-corrected chi connectivity index (χ4v) is 4.82. The second kappa shape index (κ2) is 9.70. The highest BCUT2D eigenvalue weighted by Gasteiger charge is 2.33. The standard InChI is InChI=1S/C29H29N3O4/c1-19-11-13-25(34-2)22(16-19)30-29(33)32-18-21-8-5-6-9-23(21)31-15-7-10-24(31)28(32)20-12-14-26(35-3)27(17-20)36-4/h5-17,28H,18H2,1-4H3,(H,30,33)/t28-/m0/s1. The third-order valence-electron chi connectivity index (χ3n) is 6.54. The average molecular weight is 484 g/mol. The molecule has 1 N–H and O–H groups in total. The van der Waals surface area contributed by atoms with E-state index in [1.165, 1.54) is 0 Å². The van der Waals surface area contributed by atoms with Crippen molar-refractivity contribution in [3.05, 3.63) is 101 Å². The van der Waals surface area contributed by atoms with E-state index in [1.807, 2.05) is 72.6 Å². The van der Waals surface area contributed by atoms with E-state index in [1.54, 1.807) is 21.3 Å². The molecular formula is C29H29N3O4. The van der Waals surface area contributed by atoms with Gasteiger partial charge in [-0.05, 0) is 66.1 Å². The van der Waals surface area contributed by atoms with Crippen LogP contribution in [0.4, 0.5) is 10.5 Å². The smallest absolute Gasteiger partial charge is 0.323 e. The number of aryl methyl sites for hydroxylation is 1. The SMILES string of the molecule is COc1ccc(C)cc1NC(=O)N1Cc2ccccc2-n2cccc2[C@@H]1c1ccc(OC)c(OC)c1. The van der Waals surface area contributed by atoms with E-state index in [9.17, 15) is 4.79 Å². The molecule has 7 nitrogen and oxygen atoms in total. The highest BCUT2D eigenvalue weighted by Crippen LogP contribution is 2.40. The molecule has 3 aromatic carbocycles. The minimum absolute atomic E-state index is 0.233. The Bertz CT molecular complexity index is 1410. The number of urea groups is 1. The van der Waals surface area contributed by atoms with Crippen LogP contribution in [-0.4, -0.2) is 36.8 Å². The van der Waals surface area contributed by atoms with Crippen LogP contribution in [0.1, 0.15) is 28.4 Å². The molecule has 2 amide bonds. The predicted molar refractivity (Wildman–Crippen MR) is 139 cm³/mol. The first-order chi connectivity index (χ1) is 17.5. The highest BCUT2D eigenvalue weighted by atomic mass is 16.5. The van der Waals surface area contributed by atoms with Crippen LogP contribution < -0.4 is 19.5 Å². The zero-order valence-corrected chi connectivity index (χ0v) is 20.8. The van der Waals surface area contributed by atoms with Gasteiger partial charge in [-0.15, -0.1) is 0 Å². The Balaban J connectivity index is 1.65. The van der Waals surface area contributed by atoms with Gasteiger partial charge in [0.05, 0.1) is 45.3 Å². The maximum Gasteiger partial charge on any atom is 0.323 e. The molecule has 0 fully saturated rings. The Labute approximate surface area is 210 Å². The number of para-hydroxylation sites is 1.